The zero-order valence-electron chi connectivity index (χ0n) is 12.0. The van der Waals surface area contributed by atoms with Crippen molar-refractivity contribution in [2.24, 2.45) is 0 Å². The molecule has 1 aromatic carbocycles. The van der Waals surface area contributed by atoms with Gasteiger partial charge in [0, 0.05) is 30.7 Å². The fourth-order valence-electron chi connectivity index (χ4n) is 1.96. The molecule has 20 heavy (non-hydrogen) atoms. The van der Waals surface area contributed by atoms with Crippen molar-refractivity contribution in [3.8, 4) is 0 Å². The Morgan fingerprint density at radius 3 is 2.35 bits per heavy atom. The van der Waals surface area contributed by atoms with Gasteiger partial charge >= 0.3 is 5.97 Å². The number of halogens is 1. The molecule has 0 spiro atoms. The minimum absolute atomic E-state index is 0.193. The molecular weight excluding hydrogens is 261 g/mol. The number of fused-ring (bicyclic) bond motifs is 1. The van der Waals surface area contributed by atoms with Gasteiger partial charge in [-0.05, 0) is 45.0 Å². The number of carboxylic acids is 1. The number of carbonyl (C=O) groups is 1. The van der Waals surface area contributed by atoms with Gasteiger partial charge in [0.25, 0.3) is 0 Å². The van der Waals surface area contributed by atoms with Crippen LogP contribution in [0.25, 0.3) is 10.9 Å². The molecular formula is C15H20FNO3. The number of aryl methyl sites for hydroxylation is 1. The zero-order chi connectivity index (χ0) is 15.1. The number of aromatic nitrogens is 1. The molecule has 4 nitrogen and oxygen atoms in total. The van der Waals surface area contributed by atoms with E-state index in [0.717, 1.165) is 18.7 Å². The van der Waals surface area contributed by atoms with Gasteiger partial charge in [-0.2, -0.15) is 0 Å². The van der Waals surface area contributed by atoms with Crippen LogP contribution < -0.4 is 0 Å². The summed E-state index contributed by atoms with van der Waals surface area (Å²) in [5.74, 6) is -1.35. The Morgan fingerprint density at radius 1 is 1.25 bits per heavy atom. The third kappa shape index (κ3) is 3.81. The van der Waals surface area contributed by atoms with Gasteiger partial charge in [0.2, 0.25) is 0 Å². The highest BCUT2D eigenvalue weighted by atomic mass is 19.1. The van der Waals surface area contributed by atoms with Crippen LogP contribution >= 0.6 is 0 Å². The summed E-state index contributed by atoms with van der Waals surface area (Å²) < 4.78 is 19.4. The molecule has 0 bridgehead atoms. The Hall–Kier alpha value is -1.88. The van der Waals surface area contributed by atoms with Crippen LogP contribution in [-0.4, -0.2) is 28.9 Å². The Balaban J connectivity index is 0.000000347. The molecule has 1 aromatic heterocycles. The van der Waals surface area contributed by atoms with Crippen LogP contribution in [0.5, 0.6) is 0 Å². The second-order valence-corrected chi connectivity index (χ2v) is 4.06. The maximum absolute atomic E-state index is 12.9. The van der Waals surface area contributed by atoms with Gasteiger partial charge in [0.15, 0.2) is 0 Å². The highest BCUT2D eigenvalue weighted by Gasteiger charge is 2.13. The number of aromatic carboxylic acids is 1. The Kier molecular flexibility index (Phi) is 6.18. The minimum atomic E-state index is -0.992. The topological polar surface area (TPSA) is 51.5 Å². The lowest BCUT2D eigenvalue weighted by molar-refractivity contribution is 0.0686. The first-order valence-corrected chi connectivity index (χ1v) is 6.64. The van der Waals surface area contributed by atoms with E-state index < -0.39 is 5.97 Å². The van der Waals surface area contributed by atoms with Crippen LogP contribution in [-0.2, 0) is 11.3 Å². The number of hydrogen-bond donors (Lipinski definition) is 1. The van der Waals surface area contributed by atoms with Crippen LogP contribution in [0.1, 0.15) is 31.3 Å². The summed E-state index contributed by atoms with van der Waals surface area (Å²) in [6, 6.07) is 5.76. The van der Waals surface area contributed by atoms with Crippen molar-refractivity contribution in [3.05, 3.63) is 35.8 Å². The van der Waals surface area contributed by atoms with E-state index in [4.69, 9.17) is 9.84 Å². The first kappa shape index (κ1) is 16.2. The smallest absolute Gasteiger partial charge is 0.352 e. The second kappa shape index (κ2) is 7.65. The van der Waals surface area contributed by atoms with Crippen LogP contribution in [0.2, 0.25) is 0 Å². The van der Waals surface area contributed by atoms with Crippen molar-refractivity contribution in [1.29, 1.82) is 0 Å². The summed E-state index contributed by atoms with van der Waals surface area (Å²) in [6.07, 6.45) is 0. The SMILES string of the molecule is CCOCC.CCn1c(C(=O)O)cc2cc(F)ccc21. The number of nitrogens with zero attached hydrogens (tertiary/aromatic N) is 1. The number of rotatable bonds is 4. The zero-order valence-corrected chi connectivity index (χ0v) is 12.0. The van der Waals surface area contributed by atoms with Gasteiger partial charge in [0.1, 0.15) is 11.5 Å². The Bertz CT molecular complexity index is 576. The van der Waals surface area contributed by atoms with E-state index in [0.29, 0.717) is 11.9 Å². The maximum Gasteiger partial charge on any atom is 0.352 e. The molecule has 2 rings (SSSR count). The quantitative estimate of drug-likeness (QED) is 0.932. The first-order valence-electron chi connectivity index (χ1n) is 6.64. The molecule has 0 aliphatic rings. The molecule has 0 saturated heterocycles. The molecule has 0 radical (unpaired) electrons. The summed E-state index contributed by atoms with van der Waals surface area (Å²) in [5, 5.41) is 9.57. The Labute approximate surface area is 117 Å². The number of benzene rings is 1. The molecule has 1 heterocycles. The molecule has 0 aliphatic carbocycles. The molecule has 5 heteroatoms. The molecule has 0 amide bonds. The number of hydrogen-bond acceptors (Lipinski definition) is 2. The summed E-state index contributed by atoms with van der Waals surface area (Å²) in [5.41, 5.74) is 0.939. The third-order valence-corrected chi connectivity index (χ3v) is 2.81. The van der Waals surface area contributed by atoms with Gasteiger partial charge in [0.05, 0.1) is 0 Å². The highest BCUT2D eigenvalue weighted by molar-refractivity contribution is 5.94. The fraction of sp³-hybridized carbons (Fsp3) is 0.400. The second-order valence-electron chi connectivity index (χ2n) is 4.06. The molecule has 0 unspecified atom stereocenters. The van der Waals surface area contributed by atoms with Crippen molar-refractivity contribution in [2.75, 3.05) is 13.2 Å². The van der Waals surface area contributed by atoms with Crippen molar-refractivity contribution in [1.82, 2.24) is 4.57 Å². The lowest BCUT2D eigenvalue weighted by Gasteiger charge is -2.03. The van der Waals surface area contributed by atoms with E-state index in [1.807, 2.05) is 20.8 Å². The van der Waals surface area contributed by atoms with Gasteiger partial charge in [-0.1, -0.05) is 0 Å². The molecule has 2 aromatic rings. The molecule has 0 fully saturated rings. The number of ether oxygens (including phenoxy) is 1. The monoisotopic (exact) mass is 281 g/mol. The fourth-order valence-corrected chi connectivity index (χ4v) is 1.96. The van der Waals surface area contributed by atoms with Gasteiger partial charge in [-0.3, -0.25) is 0 Å². The van der Waals surface area contributed by atoms with Crippen molar-refractivity contribution in [3.63, 3.8) is 0 Å². The first-order chi connectivity index (χ1) is 9.54. The maximum atomic E-state index is 12.9. The van der Waals surface area contributed by atoms with E-state index in [9.17, 15) is 9.18 Å². The standard InChI is InChI=1S/C11H10FNO2.C4H10O/c1-2-13-9-4-3-8(12)5-7(9)6-10(13)11(14)15;1-3-5-4-2/h3-6H,2H2,1H3,(H,14,15);3-4H2,1-2H3. The average Bonchev–Trinajstić information content (AvgIpc) is 2.78. The van der Waals surface area contributed by atoms with E-state index in [1.54, 1.807) is 10.6 Å². The summed E-state index contributed by atoms with van der Waals surface area (Å²) in [4.78, 5) is 10.9. The van der Waals surface area contributed by atoms with Gasteiger partial charge in [-0.25, -0.2) is 9.18 Å². The van der Waals surface area contributed by atoms with Crippen molar-refractivity contribution in [2.45, 2.75) is 27.3 Å². The highest BCUT2D eigenvalue weighted by Crippen LogP contribution is 2.21. The van der Waals surface area contributed by atoms with Crippen LogP contribution in [0.3, 0.4) is 0 Å². The molecule has 0 saturated carbocycles. The van der Waals surface area contributed by atoms with Crippen LogP contribution in [0.4, 0.5) is 4.39 Å². The molecule has 110 valence electrons. The normalized spacial score (nSPS) is 10.2. The minimum Gasteiger partial charge on any atom is -0.477 e. The largest absolute Gasteiger partial charge is 0.477 e. The molecule has 0 atom stereocenters. The van der Waals surface area contributed by atoms with Crippen molar-refractivity contribution >= 4 is 16.9 Å². The lowest BCUT2D eigenvalue weighted by atomic mass is 10.2. The third-order valence-electron chi connectivity index (χ3n) is 2.81. The average molecular weight is 281 g/mol. The van der Waals surface area contributed by atoms with Crippen molar-refractivity contribution < 1.29 is 19.0 Å². The van der Waals surface area contributed by atoms with Crippen LogP contribution in [0.15, 0.2) is 24.3 Å². The Morgan fingerprint density at radius 2 is 1.90 bits per heavy atom. The molecule has 0 aliphatic heterocycles. The summed E-state index contributed by atoms with van der Waals surface area (Å²) in [7, 11) is 0. The van der Waals surface area contributed by atoms with Crippen LogP contribution in [0, 0.1) is 5.82 Å². The lowest BCUT2D eigenvalue weighted by Crippen LogP contribution is -2.06. The van der Waals surface area contributed by atoms with E-state index in [1.165, 1.54) is 18.2 Å². The predicted octanol–water partition coefficient (Wildman–Crippen LogP) is 3.54. The van der Waals surface area contributed by atoms with Gasteiger partial charge < -0.3 is 14.4 Å². The van der Waals surface area contributed by atoms with E-state index >= 15 is 0 Å². The van der Waals surface area contributed by atoms with E-state index in [-0.39, 0.29) is 11.5 Å². The predicted molar refractivity (Wildman–Crippen MR) is 76.7 cm³/mol. The van der Waals surface area contributed by atoms with E-state index in [2.05, 4.69) is 0 Å². The summed E-state index contributed by atoms with van der Waals surface area (Å²) >= 11 is 0. The molecule has 1 N–H and O–H groups in total. The van der Waals surface area contributed by atoms with Gasteiger partial charge in [-0.15, -0.1) is 0 Å². The summed E-state index contributed by atoms with van der Waals surface area (Å²) in [6.45, 7) is 8.08. The number of carboxylic acid groups (broad SMARTS) is 1.